The summed E-state index contributed by atoms with van der Waals surface area (Å²) in [6, 6.07) is 2.63. The van der Waals surface area contributed by atoms with E-state index in [0.29, 0.717) is 5.02 Å². The van der Waals surface area contributed by atoms with Gasteiger partial charge in [-0.15, -0.1) is 0 Å². The Labute approximate surface area is 88.1 Å². The zero-order valence-electron chi connectivity index (χ0n) is 6.20. The van der Waals surface area contributed by atoms with Crippen LogP contribution in [-0.2, 0) is 0 Å². The zero-order chi connectivity index (χ0) is 9.30. The second-order valence-corrected chi connectivity index (χ2v) is 3.76. The normalized spacial score (nSPS) is 10.0. The largest absolute Gasteiger partial charge is 0.294 e. The maximum Gasteiger partial charge on any atom is 0.162 e. The van der Waals surface area contributed by atoms with Gasteiger partial charge in [0.15, 0.2) is 5.78 Å². The van der Waals surface area contributed by atoms with Crippen LogP contribution in [0.4, 0.5) is 4.39 Å². The third-order valence-electron chi connectivity index (χ3n) is 1.40. The first-order chi connectivity index (χ1) is 5.54. The van der Waals surface area contributed by atoms with Gasteiger partial charge in [0.05, 0.1) is 14.2 Å². The van der Waals surface area contributed by atoms with Crippen LogP contribution in [-0.4, -0.2) is 5.78 Å². The highest BCUT2D eigenvalue weighted by molar-refractivity contribution is 14.1. The van der Waals surface area contributed by atoms with Gasteiger partial charge >= 0.3 is 0 Å². The summed E-state index contributed by atoms with van der Waals surface area (Å²) >= 11 is 7.47. The lowest BCUT2D eigenvalue weighted by atomic mass is 10.1. The number of carbonyl (C=O) groups is 1. The molecule has 0 aliphatic rings. The third-order valence-corrected chi connectivity index (χ3v) is 2.77. The summed E-state index contributed by atoms with van der Waals surface area (Å²) in [7, 11) is 0. The first-order valence-electron chi connectivity index (χ1n) is 3.18. The molecule has 0 saturated carbocycles. The molecule has 0 amide bonds. The molecule has 0 unspecified atom stereocenters. The van der Waals surface area contributed by atoms with Crippen LogP contribution < -0.4 is 0 Å². The predicted octanol–water partition coefficient (Wildman–Crippen LogP) is 3.29. The Bertz CT molecular complexity index is 338. The number of halogens is 3. The fourth-order valence-electron chi connectivity index (χ4n) is 0.850. The van der Waals surface area contributed by atoms with Crippen molar-refractivity contribution in [3.8, 4) is 0 Å². The summed E-state index contributed by atoms with van der Waals surface area (Å²) < 4.78 is 13.2. The third kappa shape index (κ3) is 1.77. The van der Waals surface area contributed by atoms with E-state index in [1.807, 2.05) is 0 Å². The molecule has 0 aromatic heterocycles. The number of rotatable bonds is 1. The number of hydrogen-bond acceptors (Lipinski definition) is 1. The molecule has 0 bridgehead atoms. The van der Waals surface area contributed by atoms with Crippen LogP contribution in [0.2, 0.25) is 5.02 Å². The van der Waals surface area contributed by atoms with Crippen molar-refractivity contribution in [2.45, 2.75) is 6.92 Å². The Hall–Kier alpha value is -0.160. The quantitative estimate of drug-likeness (QED) is 0.442. The van der Waals surface area contributed by atoms with E-state index in [1.54, 1.807) is 22.6 Å². The van der Waals surface area contributed by atoms with Crippen molar-refractivity contribution in [1.29, 1.82) is 0 Å². The fraction of sp³-hybridized carbons (Fsp3) is 0.125. The fourth-order valence-corrected chi connectivity index (χ4v) is 2.15. The Morgan fingerprint density at radius 3 is 2.58 bits per heavy atom. The number of hydrogen-bond donors (Lipinski definition) is 0. The molecule has 0 fully saturated rings. The zero-order valence-corrected chi connectivity index (χ0v) is 9.11. The molecule has 1 rings (SSSR count). The van der Waals surface area contributed by atoms with Crippen molar-refractivity contribution in [1.82, 2.24) is 0 Å². The van der Waals surface area contributed by atoms with Crippen LogP contribution >= 0.6 is 34.2 Å². The summed E-state index contributed by atoms with van der Waals surface area (Å²) in [5.74, 6) is -0.630. The van der Waals surface area contributed by atoms with Crippen LogP contribution in [0.15, 0.2) is 12.1 Å². The van der Waals surface area contributed by atoms with Crippen LogP contribution in [0.5, 0.6) is 0 Å². The molecule has 0 saturated heterocycles. The van der Waals surface area contributed by atoms with Gasteiger partial charge in [-0.3, -0.25) is 4.79 Å². The molecule has 4 heteroatoms. The Morgan fingerprint density at radius 2 is 2.17 bits per heavy atom. The topological polar surface area (TPSA) is 17.1 Å². The minimum Gasteiger partial charge on any atom is -0.294 e. The number of benzene rings is 1. The number of Topliss-reactive ketones (excluding diaryl/α,β-unsaturated/α-hetero) is 1. The highest BCUT2D eigenvalue weighted by atomic mass is 127. The van der Waals surface area contributed by atoms with Crippen LogP contribution in [0.3, 0.4) is 0 Å². The lowest BCUT2D eigenvalue weighted by Gasteiger charge is -2.03. The predicted molar refractivity (Wildman–Crippen MR) is 54.1 cm³/mol. The van der Waals surface area contributed by atoms with Crippen LogP contribution in [0.1, 0.15) is 17.3 Å². The number of carbonyl (C=O) groups excluding carboxylic acids is 1. The molecule has 0 atom stereocenters. The molecule has 0 aliphatic heterocycles. The van der Waals surface area contributed by atoms with Crippen molar-refractivity contribution < 1.29 is 9.18 Å². The molecule has 1 aromatic rings. The molecular weight excluding hydrogens is 293 g/mol. The van der Waals surface area contributed by atoms with Crippen molar-refractivity contribution in [3.63, 3.8) is 0 Å². The van der Waals surface area contributed by atoms with Gasteiger partial charge in [0.25, 0.3) is 0 Å². The molecule has 12 heavy (non-hydrogen) atoms. The second-order valence-electron chi connectivity index (χ2n) is 2.27. The molecule has 64 valence electrons. The smallest absolute Gasteiger partial charge is 0.162 e. The van der Waals surface area contributed by atoms with E-state index >= 15 is 0 Å². The van der Waals surface area contributed by atoms with E-state index in [4.69, 9.17) is 11.6 Å². The molecule has 0 radical (unpaired) electrons. The van der Waals surface area contributed by atoms with Gasteiger partial charge in [0.2, 0.25) is 0 Å². The first-order valence-corrected chi connectivity index (χ1v) is 4.64. The van der Waals surface area contributed by atoms with Crippen LogP contribution in [0.25, 0.3) is 0 Å². The second kappa shape index (κ2) is 3.70. The molecule has 0 N–H and O–H groups in total. The highest BCUT2D eigenvalue weighted by Crippen LogP contribution is 2.24. The van der Waals surface area contributed by atoms with E-state index in [-0.39, 0.29) is 14.9 Å². The highest BCUT2D eigenvalue weighted by Gasteiger charge is 2.13. The summed E-state index contributed by atoms with van der Waals surface area (Å²) in [6.45, 7) is 1.36. The lowest BCUT2D eigenvalue weighted by Crippen LogP contribution is -1.99. The molecule has 0 heterocycles. The van der Waals surface area contributed by atoms with Crippen molar-refractivity contribution in [3.05, 3.63) is 32.1 Å². The SMILES string of the molecule is CC(=O)c1c(Cl)ccc(F)c1I. The van der Waals surface area contributed by atoms with Gasteiger partial charge < -0.3 is 0 Å². The van der Waals surface area contributed by atoms with Gasteiger partial charge in [-0.2, -0.15) is 0 Å². The van der Waals surface area contributed by atoms with E-state index in [1.165, 1.54) is 19.1 Å². The maximum absolute atomic E-state index is 12.9. The van der Waals surface area contributed by atoms with E-state index in [2.05, 4.69) is 0 Å². The van der Waals surface area contributed by atoms with Crippen molar-refractivity contribution >= 4 is 40.0 Å². The summed E-state index contributed by atoms with van der Waals surface area (Å²) in [6.07, 6.45) is 0. The lowest BCUT2D eigenvalue weighted by molar-refractivity contribution is 0.101. The molecule has 1 aromatic carbocycles. The summed E-state index contributed by atoms with van der Waals surface area (Å²) in [5, 5.41) is 0.299. The van der Waals surface area contributed by atoms with Gasteiger partial charge in [-0.25, -0.2) is 4.39 Å². The molecule has 0 spiro atoms. The Balaban J connectivity index is 3.43. The van der Waals surface area contributed by atoms with Gasteiger partial charge in [-0.05, 0) is 41.6 Å². The average Bonchev–Trinajstić information content (AvgIpc) is 1.97. The van der Waals surface area contributed by atoms with Gasteiger partial charge in [-0.1, -0.05) is 11.6 Å². The maximum atomic E-state index is 12.9. The van der Waals surface area contributed by atoms with Crippen molar-refractivity contribution in [2.75, 3.05) is 0 Å². The number of ketones is 1. The average molecular weight is 298 g/mol. The Kier molecular flexibility index (Phi) is 3.06. The van der Waals surface area contributed by atoms with E-state index in [0.717, 1.165) is 0 Å². The summed E-state index contributed by atoms with van der Waals surface area (Å²) in [5.41, 5.74) is 0.261. The van der Waals surface area contributed by atoms with Gasteiger partial charge in [0.1, 0.15) is 5.82 Å². The standard InChI is InChI=1S/C8H5ClFIO/c1-4(12)7-5(9)2-3-6(10)8(7)11/h2-3H,1H3. The monoisotopic (exact) mass is 298 g/mol. The van der Waals surface area contributed by atoms with Gasteiger partial charge in [0, 0.05) is 0 Å². The van der Waals surface area contributed by atoms with E-state index < -0.39 is 5.82 Å². The molecule has 1 nitrogen and oxygen atoms in total. The molecular formula is C8H5ClFIO. The molecule has 0 aliphatic carbocycles. The first kappa shape index (κ1) is 9.92. The van der Waals surface area contributed by atoms with Crippen LogP contribution in [0, 0.1) is 9.39 Å². The minimum absolute atomic E-state index is 0.219. The van der Waals surface area contributed by atoms with Crippen molar-refractivity contribution in [2.24, 2.45) is 0 Å². The Morgan fingerprint density at radius 1 is 1.58 bits per heavy atom. The van der Waals surface area contributed by atoms with E-state index in [9.17, 15) is 9.18 Å². The summed E-state index contributed by atoms with van der Waals surface area (Å²) in [4.78, 5) is 11.0. The minimum atomic E-state index is -0.412.